The maximum absolute atomic E-state index is 9.54. The van der Waals surface area contributed by atoms with Gasteiger partial charge in [-0.25, -0.2) is 0 Å². The van der Waals surface area contributed by atoms with E-state index >= 15 is 0 Å². The summed E-state index contributed by atoms with van der Waals surface area (Å²) in [5.41, 5.74) is 1.40. The molecule has 0 saturated carbocycles. The molecule has 1 fully saturated rings. The highest BCUT2D eigenvalue weighted by atomic mass is 16.3. The van der Waals surface area contributed by atoms with Gasteiger partial charge in [-0.1, -0.05) is 30.3 Å². The van der Waals surface area contributed by atoms with Gasteiger partial charge in [-0.2, -0.15) is 0 Å². The summed E-state index contributed by atoms with van der Waals surface area (Å²) in [5, 5.41) is 9.54. The van der Waals surface area contributed by atoms with E-state index in [1.165, 1.54) is 12.0 Å². The van der Waals surface area contributed by atoms with Crippen LogP contribution in [0.25, 0.3) is 0 Å². The van der Waals surface area contributed by atoms with Gasteiger partial charge in [0.2, 0.25) is 0 Å². The van der Waals surface area contributed by atoms with Crippen molar-refractivity contribution >= 4 is 0 Å². The fourth-order valence-corrected chi connectivity index (χ4v) is 2.77. The van der Waals surface area contributed by atoms with Crippen LogP contribution >= 0.6 is 0 Å². The molecule has 0 radical (unpaired) electrons. The topological polar surface area (TPSA) is 26.7 Å². The van der Waals surface area contributed by atoms with Crippen LogP contribution in [-0.2, 0) is 6.42 Å². The van der Waals surface area contributed by atoms with Crippen LogP contribution < -0.4 is 0 Å². The zero-order valence-electron chi connectivity index (χ0n) is 12.1. The van der Waals surface area contributed by atoms with E-state index in [0.29, 0.717) is 6.04 Å². The lowest BCUT2D eigenvalue weighted by atomic mass is 10.1. The first-order valence-corrected chi connectivity index (χ1v) is 7.29. The number of rotatable bonds is 4. The zero-order chi connectivity index (χ0) is 13.7. The van der Waals surface area contributed by atoms with Gasteiger partial charge in [0.25, 0.3) is 0 Å². The number of likely N-dealkylation sites (N-methyl/N-ethyl adjacent to an activating group) is 1. The van der Waals surface area contributed by atoms with Crippen molar-refractivity contribution in [1.82, 2.24) is 9.80 Å². The lowest BCUT2D eigenvalue weighted by Gasteiger charge is -2.30. The molecule has 0 aliphatic carbocycles. The largest absolute Gasteiger partial charge is 0.395 e. The Kier molecular flexibility index (Phi) is 5.37. The van der Waals surface area contributed by atoms with Crippen LogP contribution in [0.4, 0.5) is 0 Å². The summed E-state index contributed by atoms with van der Waals surface area (Å²) >= 11 is 0. The summed E-state index contributed by atoms with van der Waals surface area (Å²) in [6.45, 7) is 5.70. The number of benzene rings is 1. The van der Waals surface area contributed by atoms with Crippen molar-refractivity contribution in [3.63, 3.8) is 0 Å². The van der Waals surface area contributed by atoms with Crippen LogP contribution in [0.3, 0.4) is 0 Å². The van der Waals surface area contributed by atoms with Gasteiger partial charge in [0.15, 0.2) is 0 Å². The normalized spacial score (nSPS) is 26.3. The summed E-state index contributed by atoms with van der Waals surface area (Å²) in [5.74, 6) is 0. The van der Waals surface area contributed by atoms with Gasteiger partial charge >= 0.3 is 0 Å². The molecule has 3 nitrogen and oxygen atoms in total. The van der Waals surface area contributed by atoms with Gasteiger partial charge in [0.05, 0.1) is 6.61 Å². The summed E-state index contributed by atoms with van der Waals surface area (Å²) < 4.78 is 0. The molecule has 106 valence electrons. The molecule has 2 unspecified atom stereocenters. The van der Waals surface area contributed by atoms with Crippen LogP contribution in [-0.4, -0.2) is 60.3 Å². The highest BCUT2D eigenvalue weighted by Crippen LogP contribution is 2.14. The zero-order valence-corrected chi connectivity index (χ0v) is 12.1. The average molecular weight is 262 g/mol. The molecule has 1 aliphatic rings. The quantitative estimate of drug-likeness (QED) is 0.893. The van der Waals surface area contributed by atoms with Crippen molar-refractivity contribution in [3.05, 3.63) is 35.9 Å². The van der Waals surface area contributed by atoms with Gasteiger partial charge in [0, 0.05) is 25.2 Å². The molecule has 0 spiro atoms. The lowest BCUT2D eigenvalue weighted by Crippen LogP contribution is -2.44. The van der Waals surface area contributed by atoms with E-state index in [9.17, 15) is 5.11 Å². The molecular weight excluding hydrogens is 236 g/mol. The second kappa shape index (κ2) is 7.04. The number of hydrogen-bond donors (Lipinski definition) is 1. The van der Waals surface area contributed by atoms with E-state index in [1.54, 1.807) is 0 Å². The first-order chi connectivity index (χ1) is 9.20. The average Bonchev–Trinajstić information content (AvgIpc) is 2.59. The minimum absolute atomic E-state index is 0.253. The molecule has 1 aliphatic heterocycles. The molecule has 0 amide bonds. The van der Waals surface area contributed by atoms with Crippen LogP contribution in [0.5, 0.6) is 0 Å². The van der Waals surface area contributed by atoms with Gasteiger partial charge in [-0.15, -0.1) is 0 Å². The highest BCUT2D eigenvalue weighted by molar-refractivity contribution is 5.14. The van der Waals surface area contributed by atoms with Crippen LogP contribution in [0, 0.1) is 0 Å². The molecule has 1 N–H and O–H groups in total. The Morgan fingerprint density at radius 2 is 2.00 bits per heavy atom. The number of nitrogens with zero attached hydrogens (tertiary/aromatic N) is 2. The monoisotopic (exact) mass is 262 g/mol. The predicted molar refractivity (Wildman–Crippen MR) is 79.3 cm³/mol. The smallest absolute Gasteiger partial charge is 0.0599 e. The van der Waals surface area contributed by atoms with E-state index in [1.807, 2.05) is 0 Å². The third kappa shape index (κ3) is 4.03. The van der Waals surface area contributed by atoms with Crippen molar-refractivity contribution in [2.45, 2.75) is 31.8 Å². The van der Waals surface area contributed by atoms with Crippen molar-refractivity contribution in [3.8, 4) is 0 Å². The summed E-state index contributed by atoms with van der Waals surface area (Å²) in [6.07, 6.45) is 2.28. The fraction of sp³-hybridized carbons (Fsp3) is 0.625. The molecule has 2 atom stereocenters. The molecule has 1 aromatic rings. The van der Waals surface area contributed by atoms with Crippen molar-refractivity contribution in [2.75, 3.05) is 33.3 Å². The van der Waals surface area contributed by atoms with Gasteiger partial charge in [-0.3, -0.25) is 4.90 Å². The standard InChI is InChI=1S/C16H26N2O/c1-14-8-10-18(12-16(13-19)17(14)2)11-9-15-6-4-3-5-7-15/h3-7,14,16,19H,8-13H2,1-2H3. The van der Waals surface area contributed by atoms with E-state index in [-0.39, 0.29) is 12.6 Å². The van der Waals surface area contributed by atoms with Crippen LogP contribution in [0.1, 0.15) is 18.9 Å². The van der Waals surface area contributed by atoms with E-state index in [2.05, 4.69) is 54.1 Å². The predicted octanol–water partition coefficient (Wildman–Crippen LogP) is 1.62. The summed E-state index contributed by atoms with van der Waals surface area (Å²) in [4.78, 5) is 4.82. The number of hydrogen-bond acceptors (Lipinski definition) is 3. The van der Waals surface area contributed by atoms with Crippen molar-refractivity contribution in [1.29, 1.82) is 0 Å². The van der Waals surface area contributed by atoms with Gasteiger partial charge in [0.1, 0.15) is 0 Å². The molecular formula is C16H26N2O. The first kappa shape index (κ1) is 14.5. The van der Waals surface area contributed by atoms with Gasteiger partial charge in [-0.05, 0) is 38.9 Å². The van der Waals surface area contributed by atoms with Crippen LogP contribution in [0.2, 0.25) is 0 Å². The van der Waals surface area contributed by atoms with Crippen molar-refractivity contribution < 1.29 is 5.11 Å². The third-order valence-electron chi connectivity index (χ3n) is 4.37. The molecule has 0 aromatic heterocycles. The van der Waals surface area contributed by atoms with E-state index in [0.717, 1.165) is 26.1 Å². The second-order valence-electron chi connectivity index (χ2n) is 5.68. The SMILES string of the molecule is CC1CCN(CCc2ccccc2)CC(CO)N1C. The Morgan fingerprint density at radius 3 is 2.68 bits per heavy atom. The molecule has 1 heterocycles. The Hall–Kier alpha value is -0.900. The molecule has 2 rings (SSSR count). The number of aliphatic hydroxyl groups excluding tert-OH is 1. The maximum Gasteiger partial charge on any atom is 0.0599 e. The number of aliphatic hydroxyl groups is 1. The Bertz CT molecular complexity index is 368. The minimum atomic E-state index is 0.253. The molecule has 0 bridgehead atoms. The van der Waals surface area contributed by atoms with Crippen molar-refractivity contribution in [2.24, 2.45) is 0 Å². The molecule has 3 heteroatoms. The minimum Gasteiger partial charge on any atom is -0.395 e. The van der Waals surface area contributed by atoms with Gasteiger partial charge < -0.3 is 10.0 Å². The summed E-state index contributed by atoms with van der Waals surface area (Å²) in [7, 11) is 2.13. The van der Waals surface area contributed by atoms with E-state index < -0.39 is 0 Å². The Labute approximate surface area is 116 Å². The third-order valence-corrected chi connectivity index (χ3v) is 4.37. The fourth-order valence-electron chi connectivity index (χ4n) is 2.77. The lowest BCUT2D eigenvalue weighted by molar-refractivity contribution is 0.110. The molecule has 19 heavy (non-hydrogen) atoms. The Balaban J connectivity index is 1.89. The maximum atomic E-state index is 9.54. The Morgan fingerprint density at radius 1 is 1.26 bits per heavy atom. The molecule has 1 aromatic carbocycles. The molecule has 1 saturated heterocycles. The summed E-state index contributed by atoms with van der Waals surface area (Å²) in [6, 6.07) is 11.5. The highest BCUT2D eigenvalue weighted by Gasteiger charge is 2.25. The van der Waals surface area contributed by atoms with E-state index in [4.69, 9.17) is 0 Å². The first-order valence-electron chi connectivity index (χ1n) is 7.29. The van der Waals surface area contributed by atoms with Crippen LogP contribution in [0.15, 0.2) is 30.3 Å². The second-order valence-corrected chi connectivity index (χ2v) is 5.68.